The van der Waals surface area contributed by atoms with Crippen molar-refractivity contribution >= 4 is 119 Å². The van der Waals surface area contributed by atoms with Gasteiger partial charge in [0.2, 0.25) is 0 Å². The highest BCUT2D eigenvalue weighted by atomic mass is 32.1. The van der Waals surface area contributed by atoms with Crippen LogP contribution >= 0.6 is 11.3 Å². The van der Waals surface area contributed by atoms with Crippen LogP contribution in [0.25, 0.3) is 119 Å². The molecule has 13 rings (SSSR count). The zero-order valence-electron chi connectivity index (χ0n) is 28.9. The average Bonchev–Trinajstić information content (AvgIpc) is 3.95. The third-order valence-corrected chi connectivity index (χ3v) is 12.7. The van der Waals surface area contributed by atoms with Gasteiger partial charge in [-0.2, -0.15) is 0 Å². The van der Waals surface area contributed by atoms with E-state index in [-0.39, 0.29) is 0 Å². The number of para-hydroxylation sites is 4. The molecule has 0 N–H and O–H groups in total. The Kier molecular flexibility index (Phi) is 5.51. The zero-order valence-corrected chi connectivity index (χ0v) is 29.7. The first-order valence-corrected chi connectivity index (χ1v) is 19.2. The fourth-order valence-corrected chi connectivity index (χ4v) is 10.3. The summed E-state index contributed by atoms with van der Waals surface area (Å²) >= 11 is 1.87. The minimum atomic E-state index is 0.918. The Labute approximate surface area is 312 Å². The second-order valence-electron chi connectivity index (χ2n) is 14.5. The summed E-state index contributed by atoms with van der Waals surface area (Å²) in [6.45, 7) is 0. The van der Waals surface area contributed by atoms with Gasteiger partial charge in [0.05, 0.1) is 22.1 Å². The SMILES string of the molecule is c1ccc2c(c1)c1ccccc1n2-c1ccc2cc3c(cc2c1)oc1cc2c(cc13)sc1cc3cc(-n4c5ccccc5c5ccccc54)ccc3cc12. The summed E-state index contributed by atoms with van der Waals surface area (Å²) in [5, 5.41) is 14.8. The summed E-state index contributed by atoms with van der Waals surface area (Å²) in [5.74, 6) is 0. The maximum absolute atomic E-state index is 6.67. The lowest BCUT2D eigenvalue weighted by Crippen LogP contribution is -1.93. The van der Waals surface area contributed by atoms with Crippen molar-refractivity contribution in [2.45, 2.75) is 0 Å². The third kappa shape index (κ3) is 3.85. The van der Waals surface area contributed by atoms with Crippen LogP contribution < -0.4 is 0 Å². The molecule has 4 heterocycles. The quantitative estimate of drug-likeness (QED) is 0.176. The molecule has 0 bridgehead atoms. The first-order valence-electron chi connectivity index (χ1n) is 18.4. The number of hydrogen-bond donors (Lipinski definition) is 0. The number of fused-ring (bicyclic) bond motifs is 14. The molecule has 54 heavy (non-hydrogen) atoms. The van der Waals surface area contributed by atoms with Crippen LogP contribution in [0.15, 0.2) is 174 Å². The van der Waals surface area contributed by atoms with Crippen molar-refractivity contribution in [2.24, 2.45) is 0 Å². The highest BCUT2D eigenvalue weighted by Crippen LogP contribution is 2.43. The van der Waals surface area contributed by atoms with Crippen LogP contribution in [0.5, 0.6) is 0 Å². The van der Waals surface area contributed by atoms with Crippen LogP contribution in [0.1, 0.15) is 0 Å². The van der Waals surface area contributed by atoms with Crippen molar-refractivity contribution in [2.75, 3.05) is 0 Å². The number of rotatable bonds is 2. The first kappa shape index (κ1) is 28.7. The molecule has 0 fully saturated rings. The van der Waals surface area contributed by atoms with Gasteiger partial charge < -0.3 is 13.6 Å². The number of hydrogen-bond acceptors (Lipinski definition) is 2. The van der Waals surface area contributed by atoms with Gasteiger partial charge in [-0.3, -0.25) is 0 Å². The largest absolute Gasteiger partial charge is 0.456 e. The van der Waals surface area contributed by atoms with Gasteiger partial charge in [-0.1, -0.05) is 84.9 Å². The molecular weight excluding hydrogens is 677 g/mol. The van der Waals surface area contributed by atoms with Crippen molar-refractivity contribution in [1.82, 2.24) is 9.13 Å². The number of benzene rings is 9. The summed E-state index contributed by atoms with van der Waals surface area (Å²) < 4.78 is 14.0. The molecule has 0 amide bonds. The summed E-state index contributed by atoms with van der Waals surface area (Å²) in [6.07, 6.45) is 0. The molecule has 0 radical (unpaired) electrons. The van der Waals surface area contributed by atoms with Crippen molar-refractivity contribution in [3.63, 3.8) is 0 Å². The van der Waals surface area contributed by atoms with Gasteiger partial charge in [-0.25, -0.2) is 0 Å². The second-order valence-corrected chi connectivity index (χ2v) is 15.6. The minimum absolute atomic E-state index is 0.918. The van der Waals surface area contributed by atoms with E-state index in [4.69, 9.17) is 4.42 Å². The monoisotopic (exact) mass is 704 g/mol. The minimum Gasteiger partial charge on any atom is -0.456 e. The van der Waals surface area contributed by atoms with Crippen molar-refractivity contribution in [3.05, 3.63) is 170 Å². The lowest BCUT2D eigenvalue weighted by molar-refractivity contribution is 0.670. The molecule has 0 spiro atoms. The molecule has 4 aromatic heterocycles. The molecule has 0 saturated carbocycles. The Morgan fingerprint density at radius 1 is 0.315 bits per heavy atom. The van der Waals surface area contributed by atoms with E-state index in [1.54, 1.807) is 0 Å². The van der Waals surface area contributed by atoms with Crippen molar-refractivity contribution < 1.29 is 4.42 Å². The molecule has 0 unspecified atom stereocenters. The highest BCUT2D eigenvalue weighted by Gasteiger charge is 2.17. The van der Waals surface area contributed by atoms with Gasteiger partial charge in [-0.05, 0) is 106 Å². The molecule has 250 valence electrons. The average molecular weight is 705 g/mol. The Hall–Kier alpha value is -6.88. The number of thiophene rings is 1. The molecule has 3 nitrogen and oxygen atoms in total. The van der Waals surface area contributed by atoms with Crippen molar-refractivity contribution in [1.29, 1.82) is 0 Å². The standard InChI is InChI=1S/C50H28N2OS/c1-5-13-43-35(9-1)36-10-2-6-14-44(36)51(43)33-19-17-29-23-39-40-28-50-42(27-48(40)53-47(39)25-31(29)21-33)41-24-30-18-20-34(22-32(30)26-49(41)54-50)52-45-15-7-3-11-37(45)38-12-4-8-16-46(38)52/h1-28H. The zero-order chi connectivity index (χ0) is 35.1. The molecule has 0 aliphatic carbocycles. The molecule has 0 saturated heterocycles. The first-order chi connectivity index (χ1) is 26.7. The van der Waals surface area contributed by atoms with Crippen LogP contribution in [0.3, 0.4) is 0 Å². The van der Waals surface area contributed by atoms with Crippen molar-refractivity contribution in [3.8, 4) is 11.4 Å². The fraction of sp³-hybridized carbons (Fsp3) is 0. The normalized spacial score (nSPS) is 12.4. The van der Waals surface area contributed by atoms with E-state index < -0.39 is 0 Å². The summed E-state index contributed by atoms with van der Waals surface area (Å²) in [7, 11) is 0. The van der Waals surface area contributed by atoms with Crippen LogP contribution in [0.4, 0.5) is 0 Å². The topological polar surface area (TPSA) is 23.0 Å². The van der Waals surface area contributed by atoms with E-state index in [2.05, 4.69) is 179 Å². The maximum atomic E-state index is 6.67. The lowest BCUT2D eigenvalue weighted by Gasteiger charge is -2.09. The van der Waals surface area contributed by atoms with Gasteiger partial charge in [0.25, 0.3) is 0 Å². The Balaban J connectivity index is 0.953. The van der Waals surface area contributed by atoms with E-state index in [9.17, 15) is 0 Å². The van der Waals surface area contributed by atoms with Crippen LogP contribution in [0.2, 0.25) is 0 Å². The Bertz CT molecular complexity index is 3390. The van der Waals surface area contributed by atoms with Gasteiger partial charge in [-0.15, -0.1) is 11.3 Å². The summed E-state index contributed by atoms with van der Waals surface area (Å²) in [4.78, 5) is 0. The Morgan fingerprint density at radius 3 is 1.30 bits per heavy atom. The molecule has 0 atom stereocenters. The molecule has 13 aromatic rings. The van der Waals surface area contributed by atoms with E-state index in [0.29, 0.717) is 0 Å². The summed E-state index contributed by atoms with van der Waals surface area (Å²) in [5.41, 5.74) is 9.06. The number of aromatic nitrogens is 2. The molecule has 0 aliphatic rings. The van der Waals surface area contributed by atoms with Gasteiger partial charge in [0, 0.05) is 63.9 Å². The molecule has 9 aromatic carbocycles. The van der Waals surface area contributed by atoms with Crippen LogP contribution in [-0.2, 0) is 0 Å². The second kappa shape index (κ2) is 10.4. The lowest BCUT2D eigenvalue weighted by atomic mass is 10.0. The Morgan fingerprint density at radius 2 is 0.741 bits per heavy atom. The fourth-order valence-electron chi connectivity index (χ4n) is 9.18. The predicted octanol–water partition coefficient (Wildman–Crippen LogP) is 14.5. The van der Waals surface area contributed by atoms with E-state index in [1.165, 1.54) is 91.0 Å². The third-order valence-electron chi connectivity index (χ3n) is 11.6. The smallest absolute Gasteiger partial charge is 0.136 e. The van der Waals surface area contributed by atoms with E-state index in [1.807, 2.05) is 11.3 Å². The van der Waals surface area contributed by atoms with Gasteiger partial charge in [0.1, 0.15) is 11.2 Å². The molecular formula is C50H28N2OS. The maximum Gasteiger partial charge on any atom is 0.136 e. The van der Waals surface area contributed by atoms with E-state index >= 15 is 0 Å². The molecule has 4 heteroatoms. The van der Waals surface area contributed by atoms with Crippen LogP contribution in [-0.4, -0.2) is 9.13 Å². The van der Waals surface area contributed by atoms with E-state index in [0.717, 1.165) is 27.6 Å². The number of furan rings is 1. The highest BCUT2D eigenvalue weighted by molar-refractivity contribution is 7.26. The number of nitrogens with zero attached hydrogens (tertiary/aromatic N) is 2. The summed E-state index contributed by atoms with van der Waals surface area (Å²) in [6, 6.07) is 62.3. The predicted molar refractivity (Wildman–Crippen MR) is 230 cm³/mol. The van der Waals surface area contributed by atoms with Gasteiger partial charge in [0.15, 0.2) is 0 Å². The van der Waals surface area contributed by atoms with Crippen LogP contribution in [0, 0.1) is 0 Å². The van der Waals surface area contributed by atoms with Gasteiger partial charge >= 0.3 is 0 Å². The molecule has 0 aliphatic heterocycles.